The molecule has 5 nitrogen and oxygen atoms in total. The Kier molecular flexibility index (Phi) is 4.42. The van der Waals surface area contributed by atoms with Crippen molar-refractivity contribution >= 4 is 33.6 Å². The zero-order valence-electron chi connectivity index (χ0n) is 11.7. The molecule has 0 spiro atoms. The SMILES string of the molecule is COc1c(OC(C)C)cc2occ(I)c(=O)c2c1OC. The lowest BCUT2D eigenvalue weighted by atomic mass is 10.2. The van der Waals surface area contributed by atoms with Crippen molar-refractivity contribution in [3.8, 4) is 17.2 Å². The molecule has 0 aliphatic heterocycles. The highest BCUT2D eigenvalue weighted by atomic mass is 127. The molecule has 1 heterocycles. The third-order valence-electron chi connectivity index (χ3n) is 2.67. The smallest absolute Gasteiger partial charge is 0.209 e. The van der Waals surface area contributed by atoms with Crippen LogP contribution in [0.1, 0.15) is 13.8 Å². The van der Waals surface area contributed by atoms with Crippen molar-refractivity contribution in [3.05, 3.63) is 26.1 Å². The molecule has 1 aromatic heterocycles. The number of methoxy groups -OCH3 is 2. The third kappa shape index (κ3) is 2.56. The van der Waals surface area contributed by atoms with E-state index in [1.54, 1.807) is 6.07 Å². The van der Waals surface area contributed by atoms with Crippen LogP contribution in [0.15, 0.2) is 21.5 Å². The quantitative estimate of drug-likeness (QED) is 0.751. The predicted octanol–water partition coefficient (Wildman–Crippen LogP) is 3.20. The minimum absolute atomic E-state index is 0.0402. The van der Waals surface area contributed by atoms with Gasteiger partial charge < -0.3 is 18.6 Å². The van der Waals surface area contributed by atoms with E-state index in [1.807, 2.05) is 36.4 Å². The second kappa shape index (κ2) is 5.90. The van der Waals surface area contributed by atoms with Crippen LogP contribution in [-0.2, 0) is 0 Å². The topological polar surface area (TPSA) is 57.9 Å². The molecule has 0 saturated heterocycles. The highest BCUT2D eigenvalue weighted by Gasteiger charge is 2.21. The number of fused-ring (bicyclic) bond motifs is 1. The molecule has 108 valence electrons. The molecule has 0 radical (unpaired) electrons. The summed E-state index contributed by atoms with van der Waals surface area (Å²) in [4.78, 5) is 12.3. The highest BCUT2D eigenvalue weighted by Crippen LogP contribution is 2.42. The van der Waals surface area contributed by atoms with Crippen molar-refractivity contribution in [3.63, 3.8) is 0 Å². The van der Waals surface area contributed by atoms with Gasteiger partial charge in [-0.1, -0.05) is 0 Å². The fourth-order valence-corrected chi connectivity index (χ4v) is 2.32. The summed E-state index contributed by atoms with van der Waals surface area (Å²) in [6, 6.07) is 1.65. The molecule has 0 saturated carbocycles. The molecule has 2 aromatic rings. The van der Waals surface area contributed by atoms with E-state index in [0.29, 0.717) is 31.8 Å². The zero-order chi connectivity index (χ0) is 14.9. The van der Waals surface area contributed by atoms with E-state index in [0.717, 1.165) is 0 Å². The summed E-state index contributed by atoms with van der Waals surface area (Å²) in [7, 11) is 2.99. The third-order valence-corrected chi connectivity index (χ3v) is 3.41. The van der Waals surface area contributed by atoms with Gasteiger partial charge in [0.15, 0.2) is 11.5 Å². The Hall–Kier alpha value is -1.44. The Bertz CT molecular complexity index is 690. The zero-order valence-corrected chi connectivity index (χ0v) is 13.8. The lowest BCUT2D eigenvalue weighted by Gasteiger charge is -2.17. The summed E-state index contributed by atoms with van der Waals surface area (Å²) in [5.74, 6) is 1.20. The van der Waals surface area contributed by atoms with Crippen LogP contribution in [0.5, 0.6) is 17.2 Å². The van der Waals surface area contributed by atoms with Crippen molar-refractivity contribution in [2.45, 2.75) is 20.0 Å². The van der Waals surface area contributed by atoms with Crippen molar-refractivity contribution in [2.24, 2.45) is 0 Å². The van der Waals surface area contributed by atoms with Crippen LogP contribution >= 0.6 is 22.6 Å². The Labute approximate surface area is 130 Å². The van der Waals surface area contributed by atoms with E-state index in [9.17, 15) is 4.79 Å². The maximum absolute atomic E-state index is 12.3. The molecule has 0 atom stereocenters. The Morgan fingerprint density at radius 1 is 1.20 bits per heavy atom. The standard InChI is InChI=1S/C14H15IO5/c1-7(2)20-10-5-9-11(12(16)8(15)6-19-9)14(18-4)13(10)17-3/h5-7H,1-4H3. The summed E-state index contributed by atoms with van der Waals surface area (Å²) >= 11 is 1.92. The monoisotopic (exact) mass is 390 g/mol. The van der Waals surface area contributed by atoms with Crippen LogP contribution in [0.3, 0.4) is 0 Å². The summed E-state index contributed by atoms with van der Waals surface area (Å²) in [6.07, 6.45) is 1.37. The maximum atomic E-state index is 12.3. The minimum atomic E-state index is -0.155. The van der Waals surface area contributed by atoms with Crippen LogP contribution in [0.4, 0.5) is 0 Å². The molecule has 0 aliphatic carbocycles. The predicted molar refractivity (Wildman–Crippen MR) is 84.1 cm³/mol. The second-order valence-corrected chi connectivity index (χ2v) is 5.56. The van der Waals surface area contributed by atoms with Crippen molar-refractivity contribution < 1.29 is 18.6 Å². The Morgan fingerprint density at radius 3 is 2.40 bits per heavy atom. The van der Waals surface area contributed by atoms with Gasteiger partial charge in [0, 0.05) is 6.07 Å². The molecule has 0 bridgehead atoms. The van der Waals surface area contributed by atoms with Gasteiger partial charge in [0.1, 0.15) is 17.2 Å². The number of hydrogen-bond acceptors (Lipinski definition) is 5. The average Bonchev–Trinajstić information content (AvgIpc) is 2.41. The Morgan fingerprint density at radius 2 is 1.85 bits per heavy atom. The van der Waals surface area contributed by atoms with Gasteiger partial charge in [-0.05, 0) is 36.4 Å². The normalized spacial score (nSPS) is 10.9. The number of ether oxygens (including phenoxy) is 3. The van der Waals surface area contributed by atoms with Gasteiger partial charge in [-0.15, -0.1) is 0 Å². The molecule has 2 rings (SSSR count). The molecule has 0 unspecified atom stereocenters. The van der Waals surface area contributed by atoms with Gasteiger partial charge in [0.2, 0.25) is 11.2 Å². The highest BCUT2D eigenvalue weighted by molar-refractivity contribution is 14.1. The molecule has 20 heavy (non-hydrogen) atoms. The van der Waals surface area contributed by atoms with E-state index in [2.05, 4.69) is 0 Å². The van der Waals surface area contributed by atoms with Crippen LogP contribution < -0.4 is 19.6 Å². The first-order valence-corrected chi connectivity index (χ1v) is 7.10. The molecule has 0 amide bonds. The van der Waals surface area contributed by atoms with Gasteiger partial charge in [0.25, 0.3) is 0 Å². The lowest BCUT2D eigenvalue weighted by molar-refractivity contribution is 0.227. The van der Waals surface area contributed by atoms with Gasteiger partial charge in [-0.3, -0.25) is 4.79 Å². The van der Waals surface area contributed by atoms with Crippen molar-refractivity contribution in [1.82, 2.24) is 0 Å². The van der Waals surface area contributed by atoms with Gasteiger partial charge >= 0.3 is 0 Å². The minimum Gasteiger partial charge on any atom is -0.492 e. The number of halogens is 1. The first-order valence-electron chi connectivity index (χ1n) is 6.02. The van der Waals surface area contributed by atoms with Crippen molar-refractivity contribution in [2.75, 3.05) is 14.2 Å². The average molecular weight is 390 g/mol. The van der Waals surface area contributed by atoms with Crippen LogP contribution in [0.25, 0.3) is 11.0 Å². The van der Waals surface area contributed by atoms with E-state index in [-0.39, 0.29) is 11.5 Å². The molecule has 0 N–H and O–H groups in total. The van der Waals surface area contributed by atoms with E-state index in [1.165, 1.54) is 20.5 Å². The first kappa shape index (κ1) is 15.0. The van der Waals surface area contributed by atoms with E-state index < -0.39 is 0 Å². The first-order chi connectivity index (χ1) is 9.49. The maximum Gasteiger partial charge on any atom is 0.209 e. The molecular formula is C14H15IO5. The van der Waals surface area contributed by atoms with E-state index >= 15 is 0 Å². The molecule has 0 aliphatic rings. The molecule has 6 heteroatoms. The van der Waals surface area contributed by atoms with Crippen molar-refractivity contribution in [1.29, 1.82) is 0 Å². The van der Waals surface area contributed by atoms with Crippen LogP contribution in [-0.4, -0.2) is 20.3 Å². The Balaban J connectivity index is 2.86. The number of rotatable bonds is 4. The fraction of sp³-hybridized carbons (Fsp3) is 0.357. The molecular weight excluding hydrogens is 375 g/mol. The van der Waals surface area contributed by atoms with Crippen LogP contribution in [0, 0.1) is 3.57 Å². The lowest BCUT2D eigenvalue weighted by Crippen LogP contribution is -2.10. The number of benzene rings is 1. The largest absolute Gasteiger partial charge is 0.492 e. The van der Waals surface area contributed by atoms with Gasteiger partial charge in [-0.25, -0.2) is 0 Å². The van der Waals surface area contributed by atoms with Gasteiger partial charge in [-0.2, -0.15) is 0 Å². The summed E-state index contributed by atoms with van der Waals surface area (Å²) in [5.41, 5.74) is 0.252. The molecule has 1 aromatic carbocycles. The van der Waals surface area contributed by atoms with Crippen LogP contribution in [0.2, 0.25) is 0 Å². The number of hydrogen-bond donors (Lipinski definition) is 0. The summed E-state index contributed by atoms with van der Waals surface area (Å²) < 4.78 is 22.3. The van der Waals surface area contributed by atoms with E-state index in [4.69, 9.17) is 18.6 Å². The summed E-state index contributed by atoms with van der Waals surface area (Å²) in [6.45, 7) is 3.81. The second-order valence-electron chi connectivity index (χ2n) is 4.39. The molecule has 0 fully saturated rings. The van der Waals surface area contributed by atoms with Gasteiger partial charge in [0.05, 0.1) is 23.9 Å². The summed E-state index contributed by atoms with van der Waals surface area (Å²) in [5, 5.41) is 0.354. The fourth-order valence-electron chi connectivity index (χ4n) is 1.92.